The third-order valence-corrected chi connectivity index (χ3v) is 4.50. The fourth-order valence-electron chi connectivity index (χ4n) is 2.15. The fourth-order valence-corrected chi connectivity index (χ4v) is 3.40. The molecular formula is C16H17ClFN3O3S. The Kier molecular flexibility index (Phi) is 5.43. The van der Waals surface area contributed by atoms with Gasteiger partial charge in [-0.1, -0.05) is 23.4 Å². The zero-order valence-corrected chi connectivity index (χ0v) is 15.4. The normalized spacial score (nSPS) is 17.2. The number of thioether (sulfide) groups is 1. The average molecular weight is 386 g/mol. The number of nitrogens with two attached hydrogens (primary N) is 1. The summed E-state index contributed by atoms with van der Waals surface area (Å²) in [5.41, 5.74) is 5.06. The molecule has 25 heavy (non-hydrogen) atoms. The van der Waals surface area contributed by atoms with E-state index in [9.17, 15) is 18.8 Å². The summed E-state index contributed by atoms with van der Waals surface area (Å²) in [4.78, 5) is 37.7. The Morgan fingerprint density at radius 1 is 1.32 bits per heavy atom. The van der Waals surface area contributed by atoms with Gasteiger partial charge in [-0.15, -0.1) is 0 Å². The minimum atomic E-state index is -1.04. The SMILES string of the molecule is CC(C)(C)NC(=O)C(=O)C1SC=C(C(N)=O)N1c1ccc(F)c(Cl)c1. The summed E-state index contributed by atoms with van der Waals surface area (Å²) in [6.45, 7) is 5.22. The van der Waals surface area contributed by atoms with Gasteiger partial charge in [0.05, 0.1) is 5.02 Å². The van der Waals surface area contributed by atoms with Gasteiger partial charge in [-0.2, -0.15) is 0 Å². The van der Waals surface area contributed by atoms with Crippen molar-refractivity contribution in [1.29, 1.82) is 0 Å². The smallest absolute Gasteiger partial charge is 0.290 e. The van der Waals surface area contributed by atoms with E-state index < -0.39 is 34.3 Å². The maximum absolute atomic E-state index is 13.4. The Labute approximate surface area is 153 Å². The van der Waals surface area contributed by atoms with Gasteiger partial charge in [0.1, 0.15) is 11.5 Å². The number of benzene rings is 1. The highest BCUT2D eigenvalue weighted by molar-refractivity contribution is 8.04. The van der Waals surface area contributed by atoms with Gasteiger partial charge >= 0.3 is 0 Å². The minimum absolute atomic E-state index is 0.0228. The summed E-state index contributed by atoms with van der Waals surface area (Å²) in [6.07, 6.45) is 0. The topological polar surface area (TPSA) is 92.5 Å². The van der Waals surface area contributed by atoms with Crippen molar-refractivity contribution in [2.45, 2.75) is 31.7 Å². The monoisotopic (exact) mass is 385 g/mol. The molecule has 1 aromatic carbocycles. The lowest BCUT2D eigenvalue weighted by Gasteiger charge is -2.28. The van der Waals surface area contributed by atoms with Crippen LogP contribution in [0.25, 0.3) is 0 Å². The zero-order valence-electron chi connectivity index (χ0n) is 13.8. The van der Waals surface area contributed by atoms with E-state index in [-0.39, 0.29) is 16.4 Å². The lowest BCUT2D eigenvalue weighted by molar-refractivity contribution is -0.138. The molecule has 0 aromatic heterocycles. The quantitative estimate of drug-likeness (QED) is 0.775. The maximum atomic E-state index is 13.4. The predicted molar refractivity (Wildman–Crippen MR) is 95.4 cm³/mol. The van der Waals surface area contributed by atoms with Crippen LogP contribution in [0.1, 0.15) is 20.8 Å². The van der Waals surface area contributed by atoms with Crippen LogP contribution < -0.4 is 16.0 Å². The number of carbonyl (C=O) groups is 3. The van der Waals surface area contributed by atoms with Crippen molar-refractivity contribution in [2.24, 2.45) is 5.73 Å². The predicted octanol–water partition coefficient (Wildman–Crippen LogP) is 2.17. The van der Waals surface area contributed by atoms with Crippen molar-refractivity contribution >= 4 is 46.6 Å². The van der Waals surface area contributed by atoms with Crippen LogP contribution in [0.4, 0.5) is 10.1 Å². The number of primary amides is 1. The van der Waals surface area contributed by atoms with Gasteiger partial charge in [-0.05, 0) is 39.0 Å². The molecule has 1 unspecified atom stereocenters. The molecule has 134 valence electrons. The van der Waals surface area contributed by atoms with Crippen molar-refractivity contribution in [1.82, 2.24) is 5.32 Å². The number of Topliss-reactive ketones (excluding diaryl/α,β-unsaturated/α-hetero) is 1. The van der Waals surface area contributed by atoms with Crippen molar-refractivity contribution in [3.8, 4) is 0 Å². The number of hydrogen-bond donors (Lipinski definition) is 2. The lowest BCUT2D eigenvalue weighted by atomic mass is 10.1. The van der Waals surface area contributed by atoms with Gasteiger partial charge < -0.3 is 16.0 Å². The molecule has 2 rings (SSSR count). The summed E-state index contributed by atoms with van der Waals surface area (Å²) in [7, 11) is 0. The molecule has 6 nitrogen and oxygen atoms in total. The molecule has 0 saturated heterocycles. The summed E-state index contributed by atoms with van der Waals surface area (Å²) in [5.74, 6) is -2.97. The van der Waals surface area contributed by atoms with Gasteiger partial charge in [0.15, 0.2) is 5.37 Å². The van der Waals surface area contributed by atoms with Crippen LogP contribution in [0, 0.1) is 5.82 Å². The Hall–Kier alpha value is -2.06. The van der Waals surface area contributed by atoms with Crippen LogP contribution >= 0.6 is 23.4 Å². The van der Waals surface area contributed by atoms with Crippen LogP contribution in [0.15, 0.2) is 29.3 Å². The van der Waals surface area contributed by atoms with E-state index in [1.54, 1.807) is 20.8 Å². The largest absolute Gasteiger partial charge is 0.364 e. The number of ketones is 1. The molecule has 0 radical (unpaired) electrons. The second-order valence-corrected chi connectivity index (χ2v) is 7.75. The van der Waals surface area contributed by atoms with Gasteiger partial charge in [0, 0.05) is 16.6 Å². The van der Waals surface area contributed by atoms with Gasteiger partial charge in [0.25, 0.3) is 17.6 Å². The molecule has 9 heteroatoms. The van der Waals surface area contributed by atoms with E-state index in [1.165, 1.54) is 22.4 Å². The first kappa shape index (κ1) is 19.3. The zero-order chi connectivity index (χ0) is 18.9. The molecule has 1 aromatic rings. The highest BCUT2D eigenvalue weighted by Gasteiger charge is 2.39. The second-order valence-electron chi connectivity index (χ2n) is 6.39. The maximum Gasteiger partial charge on any atom is 0.290 e. The van der Waals surface area contributed by atoms with E-state index in [1.807, 2.05) is 0 Å². The third kappa shape index (κ3) is 4.32. The molecule has 1 atom stereocenters. The Balaban J connectivity index is 2.37. The molecule has 2 amide bonds. The molecule has 0 spiro atoms. The molecule has 1 aliphatic rings. The van der Waals surface area contributed by atoms with E-state index >= 15 is 0 Å². The number of carbonyl (C=O) groups excluding carboxylic acids is 3. The Morgan fingerprint density at radius 2 is 1.96 bits per heavy atom. The number of nitrogens with zero attached hydrogens (tertiary/aromatic N) is 1. The summed E-state index contributed by atoms with van der Waals surface area (Å²) in [5, 5.41) is 2.76. The number of amides is 2. The number of halogens is 2. The average Bonchev–Trinajstić information content (AvgIpc) is 2.92. The molecular weight excluding hydrogens is 369 g/mol. The van der Waals surface area contributed by atoms with Gasteiger partial charge in [0.2, 0.25) is 0 Å². The number of nitrogens with one attached hydrogen (secondary N) is 1. The minimum Gasteiger partial charge on any atom is -0.364 e. The van der Waals surface area contributed by atoms with Crippen LogP contribution in [-0.4, -0.2) is 28.5 Å². The first-order valence-corrected chi connectivity index (χ1v) is 8.59. The summed E-state index contributed by atoms with van der Waals surface area (Å²) >= 11 is 6.76. The lowest BCUT2D eigenvalue weighted by Crippen LogP contribution is -2.50. The highest BCUT2D eigenvalue weighted by Crippen LogP contribution is 2.37. The van der Waals surface area contributed by atoms with Gasteiger partial charge in [-0.3, -0.25) is 14.4 Å². The van der Waals surface area contributed by atoms with Crippen molar-refractivity contribution < 1.29 is 18.8 Å². The molecule has 3 N–H and O–H groups in total. The van der Waals surface area contributed by atoms with Crippen molar-refractivity contribution in [3.05, 3.63) is 40.1 Å². The molecule has 0 saturated carbocycles. The van der Waals surface area contributed by atoms with E-state index in [0.717, 1.165) is 17.8 Å². The third-order valence-electron chi connectivity index (χ3n) is 3.17. The molecule has 0 fully saturated rings. The Morgan fingerprint density at radius 3 is 2.48 bits per heavy atom. The summed E-state index contributed by atoms with van der Waals surface area (Å²) < 4.78 is 13.4. The van der Waals surface area contributed by atoms with E-state index in [4.69, 9.17) is 17.3 Å². The molecule has 1 heterocycles. The van der Waals surface area contributed by atoms with Gasteiger partial charge in [-0.25, -0.2) is 4.39 Å². The first-order valence-electron chi connectivity index (χ1n) is 7.27. The van der Waals surface area contributed by atoms with Crippen LogP contribution in [0.5, 0.6) is 0 Å². The number of hydrogen-bond acceptors (Lipinski definition) is 5. The number of rotatable bonds is 4. The standard InChI is InChI=1S/C16H17ClFN3O3S/c1-16(2,3)20-14(24)12(22)15-21(11(7-25-15)13(19)23)8-4-5-10(18)9(17)6-8/h4-7,15H,1-3H3,(H2,19,23)(H,20,24). The fraction of sp³-hybridized carbons (Fsp3) is 0.312. The van der Waals surface area contributed by atoms with Crippen LogP contribution in [-0.2, 0) is 14.4 Å². The summed E-state index contributed by atoms with van der Waals surface area (Å²) in [6, 6.07) is 3.73. The first-order chi connectivity index (χ1) is 11.5. The van der Waals surface area contributed by atoms with Crippen molar-refractivity contribution in [3.63, 3.8) is 0 Å². The van der Waals surface area contributed by atoms with Crippen LogP contribution in [0.2, 0.25) is 5.02 Å². The highest BCUT2D eigenvalue weighted by atomic mass is 35.5. The van der Waals surface area contributed by atoms with Crippen LogP contribution in [0.3, 0.4) is 0 Å². The molecule has 0 bridgehead atoms. The Bertz CT molecular complexity index is 776. The molecule has 1 aliphatic heterocycles. The van der Waals surface area contributed by atoms with Crippen molar-refractivity contribution in [2.75, 3.05) is 4.90 Å². The molecule has 0 aliphatic carbocycles. The number of anilines is 1. The second kappa shape index (κ2) is 7.05. The van der Waals surface area contributed by atoms with E-state index in [0.29, 0.717) is 0 Å². The van der Waals surface area contributed by atoms with E-state index in [2.05, 4.69) is 5.32 Å².